The summed E-state index contributed by atoms with van der Waals surface area (Å²) in [6.45, 7) is 0. The molecule has 0 N–H and O–H groups in total. The summed E-state index contributed by atoms with van der Waals surface area (Å²) in [5.74, 6) is 0.355. The van der Waals surface area contributed by atoms with E-state index in [-0.39, 0.29) is 17.5 Å². The van der Waals surface area contributed by atoms with Crippen LogP contribution in [0.25, 0.3) is 0 Å². The number of rotatable bonds is 3. The van der Waals surface area contributed by atoms with Crippen molar-refractivity contribution >= 4 is 23.2 Å². The van der Waals surface area contributed by atoms with Gasteiger partial charge in [0, 0.05) is 13.5 Å². The zero-order chi connectivity index (χ0) is 12.3. The number of halogens is 2. The van der Waals surface area contributed by atoms with Gasteiger partial charge >= 0.3 is 0 Å². The van der Waals surface area contributed by atoms with Gasteiger partial charge in [0.1, 0.15) is 11.1 Å². The minimum Gasteiger partial charge on any atom is -0.473 e. The van der Waals surface area contributed by atoms with E-state index >= 15 is 0 Å². The lowest BCUT2D eigenvalue weighted by Crippen LogP contribution is -2.29. The SMILES string of the molecule is COC1CCCC(Oc2nc(Cl)ncc2Cl)C1. The molecule has 1 fully saturated rings. The summed E-state index contributed by atoms with van der Waals surface area (Å²) in [5.41, 5.74) is 0. The molecule has 2 unspecified atom stereocenters. The molecule has 1 aliphatic carbocycles. The van der Waals surface area contributed by atoms with Gasteiger partial charge in [0.2, 0.25) is 11.2 Å². The normalized spacial score (nSPS) is 24.6. The highest BCUT2D eigenvalue weighted by Crippen LogP contribution is 2.28. The van der Waals surface area contributed by atoms with Crippen LogP contribution in [0.4, 0.5) is 0 Å². The van der Waals surface area contributed by atoms with Crippen molar-refractivity contribution < 1.29 is 9.47 Å². The van der Waals surface area contributed by atoms with Gasteiger partial charge in [0.15, 0.2) is 0 Å². The fourth-order valence-electron chi connectivity index (χ4n) is 1.99. The summed E-state index contributed by atoms with van der Waals surface area (Å²) >= 11 is 11.7. The molecular weight excluding hydrogens is 263 g/mol. The first-order valence-corrected chi connectivity index (χ1v) is 6.32. The lowest BCUT2D eigenvalue weighted by atomic mass is 9.95. The Morgan fingerprint density at radius 3 is 2.82 bits per heavy atom. The Hall–Kier alpha value is -0.580. The molecule has 1 saturated carbocycles. The van der Waals surface area contributed by atoms with Crippen LogP contribution in [0.15, 0.2) is 6.20 Å². The monoisotopic (exact) mass is 276 g/mol. The predicted molar refractivity (Wildman–Crippen MR) is 65.7 cm³/mol. The summed E-state index contributed by atoms with van der Waals surface area (Å²) in [4.78, 5) is 7.76. The smallest absolute Gasteiger partial charge is 0.237 e. The zero-order valence-electron chi connectivity index (χ0n) is 9.53. The molecule has 0 radical (unpaired) electrons. The van der Waals surface area contributed by atoms with Crippen LogP contribution in [-0.2, 0) is 4.74 Å². The van der Waals surface area contributed by atoms with E-state index in [0.717, 1.165) is 25.7 Å². The van der Waals surface area contributed by atoms with Gasteiger partial charge in [-0.05, 0) is 30.9 Å². The molecule has 0 aromatic carbocycles. The van der Waals surface area contributed by atoms with E-state index in [1.165, 1.54) is 6.20 Å². The molecule has 0 amide bonds. The number of hydrogen-bond acceptors (Lipinski definition) is 4. The van der Waals surface area contributed by atoms with Crippen molar-refractivity contribution in [1.29, 1.82) is 0 Å². The van der Waals surface area contributed by atoms with Gasteiger partial charge in [0.25, 0.3) is 0 Å². The van der Waals surface area contributed by atoms with Crippen LogP contribution in [0.3, 0.4) is 0 Å². The van der Waals surface area contributed by atoms with Gasteiger partial charge in [-0.2, -0.15) is 4.98 Å². The van der Waals surface area contributed by atoms with Crippen LogP contribution >= 0.6 is 23.2 Å². The number of hydrogen-bond donors (Lipinski definition) is 0. The first kappa shape index (κ1) is 12.9. The fraction of sp³-hybridized carbons (Fsp3) is 0.636. The van der Waals surface area contributed by atoms with Crippen molar-refractivity contribution in [3.05, 3.63) is 16.5 Å². The van der Waals surface area contributed by atoms with E-state index in [1.54, 1.807) is 7.11 Å². The Labute approximate surface area is 110 Å². The van der Waals surface area contributed by atoms with Crippen molar-refractivity contribution in [2.45, 2.75) is 37.9 Å². The molecule has 0 aliphatic heterocycles. The van der Waals surface area contributed by atoms with Crippen LogP contribution in [-0.4, -0.2) is 29.3 Å². The first-order chi connectivity index (χ1) is 8.19. The third-order valence-electron chi connectivity index (χ3n) is 2.87. The van der Waals surface area contributed by atoms with Crippen LogP contribution in [0, 0.1) is 0 Å². The molecule has 1 aromatic heterocycles. The van der Waals surface area contributed by atoms with Crippen LogP contribution in [0.5, 0.6) is 5.88 Å². The average Bonchev–Trinajstić information content (AvgIpc) is 2.34. The molecule has 0 saturated heterocycles. The van der Waals surface area contributed by atoms with E-state index in [9.17, 15) is 0 Å². The number of ether oxygens (including phenoxy) is 2. The third-order valence-corrected chi connectivity index (χ3v) is 3.31. The maximum Gasteiger partial charge on any atom is 0.237 e. The predicted octanol–water partition coefficient (Wildman–Crippen LogP) is 3.12. The summed E-state index contributed by atoms with van der Waals surface area (Å²) < 4.78 is 11.1. The van der Waals surface area contributed by atoms with Crippen LogP contribution < -0.4 is 4.74 Å². The second kappa shape index (κ2) is 5.85. The molecule has 0 spiro atoms. The van der Waals surface area contributed by atoms with Gasteiger partial charge in [-0.1, -0.05) is 11.6 Å². The van der Waals surface area contributed by atoms with Crippen molar-refractivity contribution in [2.24, 2.45) is 0 Å². The molecule has 2 rings (SSSR count). The Morgan fingerprint density at radius 2 is 2.06 bits per heavy atom. The number of methoxy groups -OCH3 is 1. The van der Waals surface area contributed by atoms with Crippen LogP contribution in [0.1, 0.15) is 25.7 Å². The topological polar surface area (TPSA) is 44.2 Å². The molecular formula is C11H14Cl2N2O2. The van der Waals surface area contributed by atoms with Gasteiger partial charge in [-0.25, -0.2) is 4.98 Å². The van der Waals surface area contributed by atoms with E-state index in [1.807, 2.05) is 0 Å². The molecule has 17 heavy (non-hydrogen) atoms. The maximum atomic E-state index is 5.95. The Kier molecular flexibility index (Phi) is 4.42. The fourth-order valence-corrected chi connectivity index (χ4v) is 2.26. The summed E-state index contributed by atoms with van der Waals surface area (Å²) in [6, 6.07) is 0. The molecule has 94 valence electrons. The molecule has 2 atom stereocenters. The summed E-state index contributed by atoms with van der Waals surface area (Å²) in [7, 11) is 1.72. The second-order valence-corrected chi connectivity index (χ2v) is 4.80. The van der Waals surface area contributed by atoms with E-state index < -0.39 is 0 Å². The molecule has 1 heterocycles. The van der Waals surface area contributed by atoms with Crippen LogP contribution in [0.2, 0.25) is 10.3 Å². The molecule has 6 heteroatoms. The third kappa shape index (κ3) is 3.44. The lowest BCUT2D eigenvalue weighted by molar-refractivity contribution is 0.0195. The second-order valence-electron chi connectivity index (χ2n) is 4.06. The quantitative estimate of drug-likeness (QED) is 0.796. The van der Waals surface area contributed by atoms with Crippen molar-refractivity contribution in [1.82, 2.24) is 9.97 Å². The lowest BCUT2D eigenvalue weighted by Gasteiger charge is -2.28. The standard InChI is InChI=1S/C11H14Cl2N2O2/c1-16-7-3-2-4-8(5-7)17-10-9(12)6-14-11(13)15-10/h6-8H,2-5H2,1H3. The Balaban J connectivity index is 2.02. The number of nitrogens with zero attached hydrogens (tertiary/aromatic N) is 2. The van der Waals surface area contributed by atoms with Gasteiger partial charge in [0.05, 0.1) is 12.3 Å². The van der Waals surface area contributed by atoms with Crippen molar-refractivity contribution in [3.63, 3.8) is 0 Å². The zero-order valence-corrected chi connectivity index (χ0v) is 11.0. The van der Waals surface area contributed by atoms with E-state index in [2.05, 4.69) is 9.97 Å². The average molecular weight is 277 g/mol. The minimum absolute atomic E-state index is 0.0807. The van der Waals surface area contributed by atoms with Gasteiger partial charge in [-0.15, -0.1) is 0 Å². The van der Waals surface area contributed by atoms with E-state index in [4.69, 9.17) is 32.7 Å². The van der Waals surface area contributed by atoms with Gasteiger partial charge in [-0.3, -0.25) is 0 Å². The Morgan fingerprint density at radius 1 is 1.29 bits per heavy atom. The van der Waals surface area contributed by atoms with Crippen molar-refractivity contribution in [3.8, 4) is 5.88 Å². The van der Waals surface area contributed by atoms with Crippen molar-refractivity contribution in [2.75, 3.05) is 7.11 Å². The van der Waals surface area contributed by atoms with Gasteiger partial charge < -0.3 is 9.47 Å². The molecule has 1 aliphatic rings. The molecule has 0 bridgehead atoms. The summed E-state index contributed by atoms with van der Waals surface area (Å²) in [5, 5.41) is 0.525. The molecule has 1 aromatic rings. The highest BCUT2D eigenvalue weighted by atomic mass is 35.5. The molecule has 4 nitrogen and oxygen atoms in total. The first-order valence-electron chi connectivity index (χ1n) is 5.56. The number of aromatic nitrogens is 2. The summed E-state index contributed by atoms with van der Waals surface area (Å²) in [6.07, 6.45) is 5.78. The highest BCUT2D eigenvalue weighted by Gasteiger charge is 2.24. The maximum absolute atomic E-state index is 5.95. The highest BCUT2D eigenvalue weighted by molar-refractivity contribution is 6.32. The minimum atomic E-state index is 0.0807. The largest absolute Gasteiger partial charge is 0.473 e. The van der Waals surface area contributed by atoms with E-state index in [0.29, 0.717) is 10.9 Å². The Bertz CT molecular complexity index is 390.